The first-order valence-corrected chi connectivity index (χ1v) is 4.60. The fraction of sp³-hybridized carbons (Fsp3) is 0.600. The van der Waals surface area contributed by atoms with Gasteiger partial charge in [0.25, 0.3) is 0 Å². The van der Waals surface area contributed by atoms with Gasteiger partial charge in [-0.05, 0) is 25.8 Å². The summed E-state index contributed by atoms with van der Waals surface area (Å²) in [4.78, 5) is 0. The number of allylic oxidation sites excluding steroid dienone is 4. The van der Waals surface area contributed by atoms with Crippen LogP contribution in [0.1, 0.15) is 19.8 Å². The molecule has 1 unspecified atom stereocenters. The smallest absolute Gasteiger partial charge is 0.0437 e. The fourth-order valence-corrected chi connectivity index (χ4v) is 1.51. The van der Waals surface area contributed by atoms with Crippen LogP contribution in [0.15, 0.2) is 23.9 Å². The Balaban J connectivity index is 2.50. The minimum atomic E-state index is 0.279. The normalized spacial score (nSPS) is 22.2. The summed E-state index contributed by atoms with van der Waals surface area (Å²) in [5, 5.41) is 12.1. The van der Waals surface area contributed by atoms with Gasteiger partial charge in [-0.2, -0.15) is 0 Å². The standard InChI is InChI=1S/C10H17NO/c1-2-11-10-6-4-3-5-9(10)7-8-12/h3-4,6,9,11-12H,2,5,7-8H2,1H3. The fourth-order valence-electron chi connectivity index (χ4n) is 1.51. The van der Waals surface area contributed by atoms with Crippen molar-refractivity contribution in [2.24, 2.45) is 5.92 Å². The van der Waals surface area contributed by atoms with Crippen LogP contribution in [0.25, 0.3) is 0 Å². The quantitative estimate of drug-likeness (QED) is 0.664. The van der Waals surface area contributed by atoms with Crippen LogP contribution in [0.2, 0.25) is 0 Å². The van der Waals surface area contributed by atoms with Crippen LogP contribution in [0.3, 0.4) is 0 Å². The van der Waals surface area contributed by atoms with Gasteiger partial charge in [0, 0.05) is 24.8 Å². The lowest BCUT2D eigenvalue weighted by atomic mass is 9.94. The van der Waals surface area contributed by atoms with Gasteiger partial charge < -0.3 is 10.4 Å². The van der Waals surface area contributed by atoms with Crippen molar-refractivity contribution >= 4 is 0 Å². The average molecular weight is 167 g/mol. The largest absolute Gasteiger partial charge is 0.396 e. The first-order valence-electron chi connectivity index (χ1n) is 4.60. The molecule has 0 bridgehead atoms. The minimum absolute atomic E-state index is 0.279. The molecular weight excluding hydrogens is 150 g/mol. The summed E-state index contributed by atoms with van der Waals surface area (Å²) in [7, 11) is 0. The van der Waals surface area contributed by atoms with Crippen molar-refractivity contribution in [3.63, 3.8) is 0 Å². The van der Waals surface area contributed by atoms with Gasteiger partial charge in [-0.25, -0.2) is 0 Å². The molecule has 1 aliphatic carbocycles. The maximum Gasteiger partial charge on any atom is 0.0437 e. The van der Waals surface area contributed by atoms with Crippen LogP contribution in [0.4, 0.5) is 0 Å². The Hall–Kier alpha value is -0.760. The van der Waals surface area contributed by atoms with Crippen molar-refractivity contribution in [2.75, 3.05) is 13.2 Å². The molecule has 1 rings (SSSR count). The van der Waals surface area contributed by atoms with E-state index >= 15 is 0 Å². The van der Waals surface area contributed by atoms with E-state index in [0.29, 0.717) is 5.92 Å². The van der Waals surface area contributed by atoms with Crippen LogP contribution < -0.4 is 5.32 Å². The number of hydrogen-bond acceptors (Lipinski definition) is 2. The third-order valence-corrected chi connectivity index (χ3v) is 2.13. The van der Waals surface area contributed by atoms with Crippen LogP contribution in [0, 0.1) is 5.92 Å². The van der Waals surface area contributed by atoms with E-state index in [2.05, 4.69) is 30.5 Å². The first kappa shape index (κ1) is 9.33. The maximum atomic E-state index is 8.83. The molecular formula is C10H17NO. The van der Waals surface area contributed by atoms with Gasteiger partial charge in [0.1, 0.15) is 0 Å². The van der Waals surface area contributed by atoms with E-state index in [1.807, 2.05) is 0 Å². The molecule has 0 spiro atoms. The van der Waals surface area contributed by atoms with E-state index in [9.17, 15) is 0 Å². The lowest BCUT2D eigenvalue weighted by Gasteiger charge is -2.21. The molecule has 0 saturated carbocycles. The lowest BCUT2D eigenvalue weighted by Crippen LogP contribution is -2.21. The van der Waals surface area contributed by atoms with Crippen LogP contribution in [-0.2, 0) is 0 Å². The molecule has 0 aromatic carbocycles. The molecule has 0 amide bonds. The summed E-state index contributed by atoms with van der Waals surface area (Å²) >= 11 is 0. The minimum Gasteiger partial charge on any atom is -0.396 e. The second-order valence-corrected chi connectivity index (χ2v) is 3.03. The third kappa shape index (κ3) is 2.38. The molecule has 0 aromatic rings. The van der Waals surface area contributed by atoms with Gasteiger partial charge in [-0.3, -0.25) is 0 Å². The molecule has 1 aliphatic rings. The molecule has 0 fully saturated rings. The predicted octanol–water partition coefficient (Wildman–Crippen LogP) is 1.44. The second-order valence-electron chi connectivity index (χ2n) is 3.03. The topological polar surface area (TPSA) is 32.3 Å². The monoisotopic (exact) mass is 167 g/mol. The molecule has 68 valence electrons. The zero-order chi connectivity index (χ0) is 8.81. The van der Waals surface area contributed by atoms with Crippen molar-refractivity contribution in [3.8, 4) is 0 Å². The maximum absolute atomic E-state index is 8.83. The average Bonchev–Trinajstić information content (AvgIpc) is 2.09. The third-order valence-electron chi connectivity index (χ3n) is 2.13. The Morgan fingerprint density at radius 3 is 3.17 bits per heavy atom. The second kappa shape index (κ2) is 4.99. The summed E-state index contributed by atoms with van der Waals surface area (Å²) in [5.74, 6) is 0.500. The van der Waals surface area contributed by atoms with Gasteiger partial charge in [0.15, 0.2) is 0 Å². The molecule has 12 heavy (non-hydrogen) atoms. The first-order chi connectivity index (χ1) is 5.88. The number of aliphatic hydroxyl groups is 1. The molecule has 2 N–H and O–H groups in total. The van der Waals surface area contributed by atoms with Gasteiger partial charge in [0.05, 0.1) is 0 Å². The summed E-state index contributed by atoms with van der Waals surface area (Å²) in [6.07, 6.45) is 8.25. The highest BCUT2D eigenvalue weighted by atomic mass is 16.3. The van der Waals surface area contributed by atoms with Crippen molar-refractivity contribution < 1.29 is 5.11 Å². The highest BCUT2D eigenvalue weighted by Crippen LogP contribution is 2.21. The Bertz CT molecular complexity index is 184. The Morgan fingerprint density at radius 1 is 1.67 bits per heavy atom. The SMILES string of the molecule is CCNC1=CC=CCC1CCO. The van der Waals surface area contributed by atoms with Gasteiger partial charge in [0.2, 0.25) is 0 Å². The molecule has 2 heteroatoms. The van der Waals surface area contributed by atoms with Gasteiger partial charge in [-0.15, -0.1) is 0 Å². The number of rotatable bonds is 4. The van der Waals surface area contributed by atoms with Crippen LogP contribution >= 0.6 is 0 Å². The van der Waals surface area contributed by atoms with Crippen molar-refractivity contribution in [3.05, 3.63) is 23.9 Å². The van der Waals surface area contributed by atoms with E-state index < -0.39 is 0 Å². The molecule has 2 nitrogen and oxygen atoms in total. The number of aliphatic hydroxyl groups excluding tert-OH is 1. The molecule has 1 atom stereocenters. The molecule has 0 saturated heterocycles. The summed E-state index contributed by atoms with van der Waals surface area (Å²) in [6, 6.07) is 0. The molecule has 0 heterocycles. The Kier molecular flexibility index (Phi) is 3.88. The highest BCUT2D eigenvalue weighted by molar-refractivity contribution is 5.19. The highest BCUT2D eigenvalue weighted by Gasteiger charge is 2.13. The Morgan fingerprint density at radius 2 is 2.50 bits per heavy atom. The summed E-state index contributed by atoms with van der Waals surface area (Å²) in [6.45, 7) is 3.33. The molecule has 0 radical (unpaired) electrons. The van der Waals surface area contributed by atoms with Crippen molar-refractivity contribution in [1.82, 2.24) is 5.32 Å². The molecule has 0 aliphatic heterocycles. The van der Waals surface area contributed by atoms with E-state index in [0.717, 1.165) is 19.4 Å². The van der Waals surface area contributed by atoms with Crippen molar-refractivity contribution in [1.29, 1.82) is 0 Å². The number of hydrogen-bond donors (Lipinski definition) is 2. The Labute approximate surface area is 74.0 Å². The van der Waals surface area contributed by atoms with Crippen molar-refractivity contribution in [2.45, 2.75) is 19.8 Å². The van der Waals surface area contributed by atoms with Gasteiger partial charge >= 0.3 is 0 Å². The lowest BCUT2D eigenvalue weighted by molar-refractivity contribution is 0.264. The van der Waals surface area contributed by atoms with Crippen LogP contribution in [-0.4, -0.2) is 18.3 Å². The number of nitrogens with one attached hydrogen (secondary N) is 1. The molecule has 0 aromatic heterocycles. The van der Waals surface area contributed by atoms with E-state index in [4.69, 9.17) is 5.11 Å². The van der Waals surface area contributed by atoms with Crippen LogP contribution in [0.5, 0.6) is 0 Å². The summed E-state index contributed by atoms with van der Waals surface area (Å²) < 4.78 is 0. The zero-order valence-corrected chi connectivity index (χ0v) is 7.59. The summed E-state index contributed by atoms with van der Waals surface area (Å²) in [5.41, 5.74) is 1.27. The zero-order valence-electron chi connectivity index (χ0n) is 7.59. The van der Waals surface area contributed by atoms with E-state index in [1.165, 1.54) is 5.70 Å². The van der Waals surface area contributed by atoms with E-state index in [1.54, 1.807) is 0 Å². The van der Waals surface area contributed by atoms with E-state index in [-0.39, 0.29) is 6.61 Å². The van der Waals surface area contributed by atoms with Gasteiger partial charge in [-0.1, -0.05) is 12.2 Å². The predicted molar refractivity (Wildman–Crippen MR) is 50.7 cm³/mol.